The van der Waals surface area contributed by atoms with Crippen molar-refractivity contribution in [3.05, 3.63) is 35.9 Å². The minimum Gasteiger partial charge on any atom is -0.444 e. The van der Waals surface area contributed by atoms with Gasteiger partial charge in [0.1, 0.15) is 6.61 Å². The summed E-state index contributed by atoms with van der Waals surface area (Å²) in [6, 6.07) is 9.03. The molecule has 7 nitrogen and oxygen atoms in total. The van der Waals surface area contributed by atoms with Crippen molar-refractivity contribution in [2.45, 2.75) is 63.9 Å². The Kier molecular flexibility index (Phi) is 7.00. The number of carbonyl (C=O) groups excluding carboxylic acids is 2. The Balaban J connectivity index is 1.75. The van der Waals surface area contributed by atoms with Gasteiger partial charge >= 0.3 is 6.09 Å². The van der Waals surface area contributed by atoms with Crippen LogP contribution >= 0.6 is 0 Å². The Morgan fingerprint density at radius 3 is 2.22 bits per heavy atom. The molecule has 0 unspecified atom stereocenters. The first-order valence-corrected chi connectivity index (χ1v) is 10.6. The number of sulfonamides is 1. The van der Waals surface area contributed by atoms with Crippen molar-refractivity contribution >= 4 is 22.0 Å². The standard InChI is InChI=1S/C19H28N2O5S/c1-19(2,3)27(24,25)21-16-11-9-15(10-12-16)17(22)20-18(23)26-13-14-7-5-4-6-8-14/h4-8,15-16,21H,9-13H2,1-3H3,(H,20,22,23). The molecule has 8 heteroatoms. The molecule has 2 N–H and O–H groups in total. The first-order chi connectivity index (χ1) is 12.6. The highest BCUT2D eigenvalue weighted by Gasteiger charge is 2.34. The van der Waals surface area contributed by atoms with Gasteiger partial charge < -0.3 is 4.74 Å². The number of nitrogens with one attached hydrogen (secondary N) is 2. The number of amides is 2. The second-order valence-electron chi connectivity index (χ2n) is 7.83. The molecule has 0 heterocycles. The summed E-state index contributed by atoms with van der Waals surface area (Å²) >= 11 is 0. The Morgan fingerprint density at radius 1 is 1.07 bits per heavy atom. The molecule has 0 radical (unpaired) electrons. The van der Waals surface area contributed by atoms with Crippen LogP contribution in [0, 0.1) is 5.92 Å². The number of hydrogen-bond donors (Lipinski definition) is 2. The molecule has 1 aliphatic rings. The van der Waals surface area contributed by atoms with Crippen molar-refractivity contribution < 1.29 is 22.7 Å². The van der Waals surface area contributed by atoms with Crippen LogP contribution in [-0.2, 0) is 26.2 Å². The van der Waals surface area contributed by atoms with Crippen LogP contribution in [0.15, 0.2) is 30.3 Å². The van der Waals surface area contributed by atoms with E-state index < -0.39 is 20.9 Å². The van der Waals surface area contributed by atoms with Crippen molar-refractivity contribution in [2.24, 2.45) is 5.92 Å². The molecule has 1 aliphatic carbocycles. The highest BCUT2D eigenvalue weighted by molar-refractivity contribution is 7.90. The van der Waals surface area contributed by atoms with Gasteiger partial charge in [-0.3, -0.25) is 10.1 Å². The maximum atomic E-state index is 12.2. The number of hydrogen-bond acceptors (Lipinski definition) is 5. The summed E-state index contributed by atoms with van der Waals surface area (Å²) < 4.78 is 31.3. The van der Waals surface area contributed by atoms with E-state index in [4.69, 9.17) is 4.74 Å². The lowest BCUT2D eigenvalue weighted by molar-refractivity contribution is -0.125. The second kappa shape index (κ2) is 8.84. The Bertz CT molecular complexity index is 748. The fraction of sp³-hybridized carbons (Fsp3) is 0.579. The molecule has 1 aromatic rings. The van der Waals surface area contributed by atoms with Crippen LogP contribution in [0.2, 0.25) is 0 Å². The lowest BCUT2D eigenvalue weighted by Crippen LogP contribution is -2.47. The zero-order valence-corrected chi connectivity index (χ0v) is 16.8. The van der Waals surface area contributed by atoms with Crippen LogP contribution in [0.4, 0.5) is 4.79 Å². The Labute approximate surface area is 160 Å². The molecule has 0 spiro atoms. The van der Waals surface area contributed by atoms with E-state index in [2.05, 4.69) is 10.0 Å². The molecule has 1 saturated carbocycles. The summed E-state index contributed by atoms with van der Waals surface area (Å²) in [4.78, 5) is 24.0. The van der Waals surface area contributed by atoms with Gasteiger partial charge in [-0.25, -0.2) is 17.9 Å². The maximum Gasteiger partial charge on any atom is 0.414 e. The molecule has 0 saturated heterocycles. The molecule has 0 aromatic heterocycles. The lowest BCUT2D eigenvalue weighted by Gasteiger charge is -2.30. The average molecular weight is 397 g/mol. The summed E-state index contributed by atoms with van der Waals surface area (Å²) in [6.45, 7) is 5.04. The Morgan fingerprint density at radius 2 is 1.67 bits per heavy atom. The van der Waals surface area contributed by atoms with Gasteiger partial charge in [-0.2, -0.15) is 0 Å². The molecule has 1 fully saturated rings. The molecule has 27 heavy (non-hydrogen) atoms. The van der Waals surface area contributed by atoms with E-state index >= 15 is 0 Å². The van der Waals surface area contributed by atoms with E-state index in [9.17, 15) is 18.0 Å². The monoisotopic (exact) mass is 396 g/mol. The summed E-state index contributed by atoms with van der Waals surface area (Å²) in [7, 11) is -3.41. The predicted octanol–water partition coefficient (Wildman–Crippen LogP) is 2.72. The molecule has 2 rings (SSSR count). The van der Waals surface area contributed by atoms with E-state index in [1.165, 1.54) is 0 Å². The van der Waals surface area contributed by atoms with Crippen molar-refractivity contribution in [3.63, 3.8) is 0 Å². The van der Waals surface area contributed by atoms with Crippen molar-refractivity contribution in [1.29, 1.82) is 0 Å². The molecule has 0 atom stereocenters. The van der Waals surface area contributed by atoms with Crippen LogP contribution in [0.3, 0.4) is 0 Å². The first-order valence-electron chi connectivity index (χ1n) is 9.12. The van der Waals surface area contributed by atoms with Crippen molar-refractivity contribution in [2.75, 3.05) is 0 Å². The number of rotatable bonds is 5. The summed E-state index contributed by atoms with van der Waals surface area (Å²) in [5.74, 6) is -0.685. The number of benzene rings is 1. The van der Waals surface area contributed by atoms with E-state index in [1.54, 1.807) is 20.8 Å². The zero-order valence-electron chi connectivity index (χ0n) is 16.0. The fourth-order valence-corrected chi connectivity index (χ4v) is 3.86. The average Bonchev–Trinajstić information content (AvgIpc) is 2.60. The minimum atomic E-state index is -3.41. The van der Waals surface area contributed by atoms with Gasteiger partial charge in [-0.1, -0.05) is 30.3 Å². The molecule has 0 aliphatic heterocycles. The van der Waals surface area contributed by atoms with Gasteiger partial charge in [-0.15, -0.1) is 0 Å². The number of carbonyl (C=O) groups is 2. The highest BCUT2D eigenvalue weighted by atomic mass is 32.2. The van der Waals surface area contributed by atoms with Gasteiger partial charge in [0.2, 0.25) is 15.9 Å². The molecule has 1 aromatic carbocycles. The third-order valence-corrected chi connectivity index (χ3v) is 6.92. The topological polar surface area (TPSA) is 102 Å². The summed E-state index contributed by atoms with van der Waals surface area (Å²) in [5, 5.41) is 2.27. The van der Waals surface area contributed by atoms with Gasteiger partial charge in [0, 0.05) is 12.0 Å². The van der Waals surface area contributed by atoms with Crippen molar-refractivity contribution in [3.8, 4) is 0 Å². The first kappa shape index (κ1) is 21.4. The highest BCUT2D eigenvalue weighted by Crippen LogP contribution is 2.26. The quantitative estimate of drug-likeness (QED) is 0.797. The molecular weight excluding hydrogens is 368 g/mol. The summed E-state index contributed by atoms with van der Waals surface area (Å²) in [5.41, 5.74) is 0.840. The molecule has 2 amide bonds. The van der Waals surface area contributed by atoms with E-state index in [1.807, 2.05) is 30.3 Å². The molecular formula is C19H28N2O5S. The van der Waals surface area contributed by atoms with Crippen LogP contribution in [0.5, 0.6) is 0 Å². The fourth-order valence-electron chi connectivity index (χ4n) is 2.83. The summed E-state index contributed by atoms with van der Waals surface area (Å²) in [6.07, 6.45) is 1.41. The second-order valence-corrected chi connectivity index (χ2v) is 10.3. The Hall–Kier alpha value is -1.93. The van der Waals surface area contributed by atoms with Crippen molar-refractivity contribution in [1.82, 2.24) is 10.0 Å². The van der Waals surface area contributed by atoms with E-state index in [0.29, 0.717) is 25.7 Å². The largest absolute Gasteiger partial charge is 0.444 e. The number of ether oxygens (including phenoxy) is 1. The number of imide groups is 1. The molecule has 0 bridgehead atoms. The van der Waals surface area contributed by atoms with Gasteiger partial charge in [-0.05, 0) is 52.0 Å². The predicted molar refractivity (Wildman–Crippen MR) is 102 cm³/mol. The lowest BCUT2D eigenvalue weighted by atomic mass is 9.86. The van der Waals surface area contributed by atoms with Crippen LogP contribution in [0.1, 0.15) is 52.0 Å². The zero-order chi connectivity index (χ0) is 20.1. The van der Waals surface area contributed by atoms with Gasteiger partial charge in [0.05, 0.1) is 4.75 Å². The van der Waals surface area contributed by atoms with E-state index in [-0.39, 0.29) is 24.5 Å². The molecule has 150 valence electrons. The third kappa shape index (κ3) is 6.32. The van der Waals surface area contributed by atoms with Crippen LogP contribution in [0.25, 0.3) is 0 Å². The van der Waals surface area contributed by atoms with Gasteiger partial charge in [0.15, 0.2) is 0 Å². The normalized spacial score (nSPS) is 20.7. The third-order valence-electron chi connectivity index (χ3n) is 4.66. The minimum absolute atomic E-state index is 0.0985. The van der Waals surface area contributed by atoms with Crippen LogP contribution in [-0.4, -0.2) is 31.2 Å². The SMILES string of the molecule is CC(C)(C)S(=O)(=O)NC1CCC(C(=O)NC(=O)OCc2ccccc2)CC1. The number of alkyl carbamates (subject to hydrolysis) is 1. The van der Waals surface area contributed by atoms with E-state index in [0.717, 1.165) is 5.56 Å². The van der Waals surface area contributed by atoms with Gasteiger partial charge in [0.25, 0.3) is 0 Å². The maximum absolute atomic E-state index is 12.2. The smallest absolute Gasteiger partial charge is 0.414 e. The van der Waals surface area contributed by atoms with Crippen LogP contribution < -0.4 is 10.0 Å².